The first-order valence-electron chi connectivity index (χ1n) is 8.88. The molecule has 0 spiro atoms. The van der Waals surface area contributed by atoms with Gasteiger partial charge in [0.05, 0.1) is 12.3 Å². The van der Waals surface area contributed by atoms with E-state index in [1.807, 2.05) is 74.5 Å². The predicted octanol–water partition coefficient (Wildman–Crippen LogP) is 2.53. The largest absolute Gasteiger partial charge is 0.383 e. The summed E-state index contributed by atoms with van der Waals surface area (Å²) in [7, 11) is -3.50. The predicted molar refractivity (Wildman–Crippen MR) is 109 cm³/mol. The van der Waals surface area contributed by atoms with Crippen molar-refractivity contribution in [3.63, 3.8) is 0 Å². The molecule has 2 rings (SSSR count). The van der Waals surface area contributed by atoms with Gasteiger partial charge >= 0.3 is 0 Å². The van der Waals surface area contributed by atoms with Crippen LogP contribution in [0.25, 0.3) is 0 Å². The van der Waals surface area contributed by atoms with E-state index in [9.17, 15) is 13.2 Å². The van der Waals surface area contributed by atoms with Crippen molar-refractivity contribution in [1.82, 2.24) is 10.0 Å². The fourth-order valence-corrected chi connectivity index (χ4v) is 3.54. The van der Waals surface area contributed by atoms with Crippen LogP contribution in [0, 0.1) is 5.92 Å². The maximum Gasteiger partial charge on any atom is 0.238 e. The molecule has 3 N–H and O–H groups in total. The molecule has 2 unspecified atom stereocenters. The Hall–Kier alpha value is -2.38. The van der Waals surface area contributed by atoms with Crippen LogP contribution in [0.15, 0.2) is 60.7 Å². The molecule has 7 heteroatoms. The lowest BCUT2D eigenvalue weighted by molar-refractivity contribution is -0.124. The van der Waals surface area contributed by atoms with E-state index in [1.165, 1.54) is 0 Å². The molecule has 2 aromatic rings. The van der Waals surface area contributed by atoms with Crippen LogP contribution in [0.3, 0.4) is 0 Å². The Balaban J connectivity index is 2.16. The molecule has 146 valence electrons. The number of nitrogens with one attached hydrogen (secondary N) is 3. The number of rotatable bonds is 9. The van der Waals surface area contributed by atoms with Gasteiger partial charge in [0.15, 0.2) is 0 Å². The summed E-state index contributed by atoms with van der Waals surface area (Å²) < 4.78 is 25.7. The van der Waals surface area contributed by atoms with Gasteiger partial charge in [0.2, 0.25) is 15.9 Å². The molecule has 2 atom stereocenters. The molecule has 27 heavy (non-hydrogen) atoms. The zero-order chi connectivity index (χ0) is 19.9. The Kier molecular flexibility index (Phi) is 7.38. The summed E-state index contributed by atoms with van der Waals surface area (Å²) in [6.07, 6.45) is 1.06. The van der Waals surface area contributed by atoms with Crippen molar-refractivity contribution in [3.8, 4) is 0 Å². The highest BCUT2D eigenvalue weighted by Crippen LogP contribution is 2.16. The van der Waals surface area contributed by atoms with Crippen LogP contribution in [0.5, 0.6) is 0 Å². The van der Waals surface area contributed by atoms with E-state index in [4.69, 9.17) is 0 Å². The summed E-state index contributed by atoms with van der Waals surface area (Å²) in [5, 5.41) is 6.29. The van der Waals surface area contributed by atoms with E-state index in [-0.39, 0.29) is 17.9 Å². The monoisotopic (exact) mass is 389 g/mol. The molecule has 0 fully saturated rings. The van der Waals surface area contributed by atoms with Crippen molar-refractivity contribution in [2.24, 2.45) is 5.92 Å². The first kappa shape index (κ1) is 20.9. The van der Waals surface area contributed by atoms with Crippen molar-refractivity contribution in [2.75, 3.05) is 18.1 Å². The maximum absolute atomic E-state index is 12.8. The van der Waals surface area contributed by atoms with Gasteiger partial charge in [0, 0.05) is 12.2 Å². The molecular weight excluding hydrogens is 362 g/mol. The van der Waals surface area contributed by atoms with E-state index >= 15 is 0 Å². The fraction of sp³-hybridized carbons (Fsp3) is 0.350. The highest BCUT2D eigenvalue weighted by Gasteiger charge is 2.27. The number of hydrogen-bond donors (Lipinski definition) is 3. The molecular formula is C20H27N3O3S. The van der Waals surface area contributed by atoms with Crippen LogP contribution < -0.4 is 15.4 Å². The maximum atomic E-state index is 12.8. The minimum absolute atomic E-state index is 0.182. The fourth-order valence-electron chi connectivity index (χ4n) is 2.70. The van der Waals surface area contributed by atoms with Crippen molar-refractivity contribution in [1.29, 1.82) is 0 Å². The zero-order valence-electron chi connectivity index (χ0n) is 15.8. The number of sulfonamides is 1. The van der Waals surface area contributed by atoms with Crippen LogP contribution in [0.1, 0.15) is 25.5 Å². The summed E-state index contributed by atoms with van der Waals surface area (Å²) in [6.45, 7) is 4.09. The third-order valence-electron chi connectivity index (χ3n) is 4.09. The van der Waals surface area contributed by atoms with Crippen molar-refractivity contribution < 1.29 is 13.2 Å². The molecule has 0 radical (unpaired) electrons. The quantitative estimate of drug-likeness (QED) is 0.615. The Labute approximate surface area is 161 Å². The molecule has 0 bridgehead atoms. The number of para-hydroxylation sites is 1. The van der Waals surface area contributed by atoms with Crippen LogP contribution in [-0.4, -0.2) is 33.2 Å². The molecule has 0 aliphatic carbocycles. The second-order valence-electron chi connectivity index (χ2n) is 6.83. The first-order valence-corrected chi connectivity index (χ1v) is 10.8. The Morgan fingerprint density at radius 3 is 2.04 bits per heavy atom. The SMILES string of the molecule is CC(C)C(NS(C)(=O)=O)C(=O)NC(CNc1ccccc1)c1ccccc1. The summed E-state index contributed by atoms with van der Waals surface area (Å²) >= 11 is 0. The summed E-state index contributed by atoms with van der Waals surface area (Å²) in [6, 6.07) is 18.2. The molecule has 2 aromatic carbocycles. The van der Waals surface area contributed by atoms with Gasteiger partial charge in [0.1, 0.15) is 6.04 Å². The molecule has 1 amide bonds. The lowest BCUT2D eigenvalue weighted by Gasteiger charge is -2.26. The van der Waals surface area contributed by atoms with Crippen LogP contribution >= 0.6 is 0 Å². The topological polar surface area (TPSA) is 87.3 Å². The smallest absolute Gasteiger partial charge is 0.238 e. The number of carbonyl (C=O) groups excluding carboxylic acids is 1. The van der Waals surface area contributed by atoms with Gasteiger partial charge < -0.3 is 10.6 Å². The average molecular weight is 390 g/mol. The van der Waals surface area contributed by atoms with E-state index in [1.54, 1.807) is 0 Å². The van der Waals surface area contributed by atoms with E-state index in [0.29, 0.717) is 6.54 Å². The van der Waals surface area contributed by atoms with Gasteiger partial charge in [-0.1, -0.05) is 62.4 Å². The molecule has 0 heterocycles. The van der Waals surface area contributed by atoms with Crippen LogP contribution in [0.4, 0.5) is 5.69 Å². The molecule has 6 nitrogen and oxygen atoms in total. The van der Waals surface area contributed by atoms with Crippen LogP contribution in [-0.2, 0) is 14.8 Å². The van der Waals surface area contributed by atoms with Gasteiger partial charge in [-0.2, -0.15) is 0 Å². The zero-order valence-corrected chi connectivity index (χ0v) is 16.7. The van der Waals surface area contributed by atoms with Gasteiger partial charge in [0.25, 0.3) is 0 Å². The lowest BCUT2D eigenvalue weighted by atomic mass is 10.0. The number of anilines is 1. The van der Waals surface area contributed by atoms with Crippen molar-refractivity contribution in [2.45, 2.75) is 25.9 Å². The second kappa shape index (κ2) is 9.53. The van der Waals surface area contributed by atoms with E-state index < -0.39 is 16.1 Å². The molecule has 0 saturated heterocycles. The normalized spacial score (nSPS) is 13.8. The van der Waals surface area contributed by atoms with E-state index in [2.05, 4.69) is 15.4 Å². The van der Waals surface area contributed by atoms with Gasteiger partial charge in [-0.3, -0.25) is 4.79 Å². The van der Waals surface area contributed by atoms with Gasteiger partial charge in [-0.05, 0) is 23.6 Å². The minimum atomic E-state index is -3.50. The van der Waals surface area contributed by atoms with Gasteiger partial charge in [-0.25, -0.2) is 13.1 Å². The Morgan fingerprint density at radius 2 is 1.52 bits per heavy atom. The summed E-state index contributed by atoms with van der Waals surface area (Å²) in [5.74, 6) is -0.530. The molecule has 0 aliphatic heterocycles. The van der Waals surface area contributed by atoms with Gasteiger partial charge in [-0.15, -0.1) is 0 Å². The van der Waals surface area contributed by atoms with Crippen molar-refractivity contribution >= 4 is 21.6 Å². The lowest BCUT2D eigenvalue weighted by Crippen LogP contribution is -2.50. The Bertz CT molecular complexity index is 824. The standard InChI is InChI=1S/C20H27N3O3S/c1-15(2)19(23-27(3,25)26)20(24)22-18(16-10-6-4-7-11-16)14-21-17-12-8-5-9-13-17/h4-13,15,18-19,21,23H,14H2,1-3H3,(H,22,24). The minimum Gasteiger partial charge on any atom is -0.383 e. The molecule has 0 saturated carbocycles. The number of benzene rings is 2. The summed E-state index contributed by atoms with van der Waals surface area (Å²) in [5.41, 5.74) is 1.89. The number of carbonyl (C=O) groups is 1. The second-order valence-corrected chi connectivity index (χ2v) is 8.61. The highest BCUT2D eigenvalue weighted by atomic mass is 32.2. The first-order chi connectivity index (χ1) is 12.8. The Morgan fingerprint density at radius 1 is 0.963 bits per heavy atom. The third-order valence-corrected chi connectivity index (χ3v) is 4.77. The molecule has 0 aliphatic rings. The number of amides is 1. The third kappa shape index (κ3) is 7.03. The average Bonchev–Trinajstić information content (AvgIpc) is 2.63. The van der Waals surface area contributed by atoms with Crippen LogP contribution in [0.2, 0.25) is 0 Å². The molecule has 0 aromatic heterocycles. The van der Waals surface area contributed by atoms with Crippen molar-refractivity contribution in [3.05, 3.63) is 66.2 Å². The number of hydrogen-bond acceptors (Lipinski definition) is 4. The highest BCUT2D eigenvalue weighted by molar-refractivity contribution is 7.88. The van der Waals surface area contributed by atoms with E-state index in [0.717, 1.165) is 17.5 Å². The summed E-state index contributed by atoms with van der Waals surface area (Å²) in [4.78, 5) is 12.8.